The summed E-state index contributed by atoms with van der Waals surface area (Å²) in [6.07, 6.45) is 6.89. The number of hydrogen-bond donors (Lipinski definition) is 0. The number of rotatable bonds is 13. The molecule has 0 aliphatic carbocycles. The summed E-state index contributed by atoms with van der Waals surface area (Å²) in [6, 6.07) is 1.69. The van der Waals surface area contributed by atoms with Gasteiger partial charge < -0.3 is 23.7 Å². The molecule has 0 aromatic heterocycles. The van der Waals surface area contributed by atoms with Gasteiger partial charge in [0.15, 0.2) is 19.4 Å². The van der Waals surface area contributed by atoms with Crippen LogP contribution in [0.25, 0.3) is 0 Å². The predicted molar refractivity (Wildman–Crippen MR) is 114 cm³/mol. The predicted octanol–water partition coefficient (Wildman–Crippen LogP) is 5.10. The molecular formula is C23H34O6. The van der Waals surface area contributed by atoms with E-state index in [1.54, 1.807) is 13.2 Å². The lowest BCUT2D eigenvalue weighted by Gasteiger charge is -2.20. The van der Waals surface area contributed by atoms with Crippen molar-refractivity contribution in [3.05, 3.63) is 40.5 Å². The van der Waals surface area contributed by atoms with Gasteiger partial charge in [-0.15, -0.1) is 0 Å². The van der Waals surface area contributed by atoms with Crippen LogP contribution in [-0.2, 0) is 15.9 Å². The van der Waals surface area contributed by atoms with Crippen LogP contribution >= 0.6 is 0 Å². The van der Waals surface area contributed by atoms with Crippen molar-refractivity contribution in [1.82, 2.24) is 0 Å². The molecule has 162 valence electrons. The number of allylic oxidation sites excluding steroid dienone is 4. The van der Waals surface area contributed by atoms with Crippen LogP contribution in [0.1, 0.15) is 56.5 Å². The number of Topliss-reactive ketones (excluding diaryl/α,β-unsaturated/α-hetero) is 1. The third-order valence-electron chi connectivity index (χ3n) is 4.27. The van der Waals surface area contributed by atoms with Crippen LogP contribution in [0.4, 0.5) is 0 Å². The first-order chi connectivity index (χ1) is 13.8. The van der Waals surface area contributed by atoms with Gasteiger partial charge in [-0.2, -0.15) is 0 Å². The maximum Gasteiger partial charge on any atom is 0.188 e. The Morgan fingerprint density at radius 2 is 1.55 bits per heavy atom. The number of hydrogen-bond acceptors (Lipinski definition) is 6. The summed E-state index contributed by atoms with van der Waals surface area (Å²) in [5.74, 6) is 1.20. The fourth-order valence-corrected chi connectivity index (χ4v) is 2.86. The van der Waals surface area contributed by atoms with Gasteiger partial charge in [-0.25, -0.2) is 0 Å². The molecule has 1 rings (SSSR count). The molecule has 0 N–H and O–H groups in total. The standard InChI is InChI=1S/C23H34O6/c1-16(2)9-8-10-17(3)11-12-19-20(28-14-25-5)13-21(29-15-26-6)22(18(4)24)23(19)27-7/h9,11,13H,8,10,12,14-15H2,1-7H3/b17-11+. The van der Waals surface area contributed by atoms with Crippen LogP contribution in [0.2, 0.25) is 0 Å². The van der Waals surface area contributed by atoms with Gasteiger partial charge in [0.05, 0.1) is 7.11 Å². The molecule has 0 aliphatic rings. The van der Waals surface area contributed by atoms with E-state index < -0.39 is 0 Å². The van der Waals surface area contributed by atoms with Gasteiger partial charge >= 0.3 is 0 Å². The Morgan fingerprint density at radius 1 is 0.931 bits per heavy atom. The average molecular weight is 407 g/mol. The lowest BCUT2D eigenvalue weighted by Crippen LogP contribution is -2.10. The molecule has 0 saturated carbocycles. The van der Waals surface area contributed by atoms with Gasteiger partial charge in [0.2, 0.25) is 0 Å². The second-order valence-electron chi connectivity index (χ2n) is 6.99. The lowest BCUT2D eigenvalue weighted by molar-refractivity contribution is 0.0448. The van der Waals surface area contributed by atoms with Gasteiger partial charge in [-0.3, -0.25) is 4.79 Å². The van der Waals surface area contributed by atoms with E-state index in [9.17, 15) is 4.79 Å². The van der Waals surface area contributed by atoms with E-state index in [1.165, 1.54) is 32.3 Å². The average Bonchev–Trinajstić information content (AvgIpc) is 2.67. The molecule has 0 saturated heterocycles. The van der Waals surface area contributed by atoms with Gasteiger partial charge in [0, 0.05) is 25.8 Å². The quantitative estimate of drug-likeness (QED) is 0.258. The Hall–Kier alpha value is -2.31. The highest BCUT2D eigenvalue weighted by atomic mass is 16.7. The van der Waals surface area contributed by atoms with Crippen molar-refractivity contribution < 1.29 is 28.5 Å². The van der Waals surface area contributed by atoms with Crippen molar-refractivity contribution in [2.45, 2.75) is 47.0 Å². The van der Waals surface area contributed by atoms with E-state index in [0.717, 1.165) is 18.4 Å². The first-order valence-corrected chi connectivity index (χ1v) is 9.62. The van der Waals surface area contributed by atoms with E-state index >= 15 is 0 Å². The highest BCUT2D eigenvalue weighted by molar-refractivity contribution is 6.00. The molecule has 0 fully saturated rings. The Kier molecular flexibility index (Phi) is 11.1. The number of methoxy groups -OCH3 is 3. The minimum Gasteiger partial charge on any atom is -0.495 e. The van der Waals surface area contributed by atoms with Gasteiger partial charge in [-0.1, -0.05) is 23.3 Å². The molecule has 0 radical (unpaired) electrons. The van der Waals surface area contributed by atoms with Crippen LogP contribution in [0.15, 0.2) is 29.4 Å². The fraction of sp³-hybridized carbons (Fsp3) is 0.522. The third-order valence-corrected chi connectivity index (χ3v) is 4.27. The van der Waals surface area contributed by atoms with Crippen LogP contribution in [0.5, 0.6) is 17.2 Å². The van der Waals surface area contributed by atoms with Crippen LogP contribution < -0.4 is 14.2 Å². The topological polar surface area (TPSA) is 63.2 Å². The summed E-state index contributed by atoms with van der Waals surface area (Å²) in [6.45, 7) is 7.86. The number of benzene rings is 1. The molecule has 0 heterocycles. The first-order valence-electron chi connectivity index (χ1n) is 9.62. The van der Waals surface area contributed by atoms with Crippen LogP contribution in [0.3, 0.4) is 0 Å². The van der Waals surface area contributed by atoms with Crippen molar-refractivity contribution >= 4 is 5.78 Å². The van der Waals surface area contributed by atoms with Gasteiger partial charge in [0.25, 0.3) is 0 Å². The summed E-state index contributed by atoms with van der Waals surface area (Å²) in [5, 5.41) is 0. The number of ketones is 1. The van der Waals surface area contributed by atoms with Crippen molar-refractivity contribution in [3.8, 4) is 17.2 Å². The normalized spacial score (nSPS) is 11.2. The zero-order valence-corrected chi connectivity index (χ0v) is 18.7. The van der Waals surface area contributed by atoms with Gasteiger partial charge in [0.1, 0.15) is 22.8 Å². The minimum absolute atomic E-state index is 0.00979. The second-order valence-corrected chi connectivity index (χ2v) is 6.99. The molecule has 1 aromatic carbocycles. The summed E-state index contributed by atoms with van der Waals surface area (Å²) in [5.41, 5.74) is 3.72. The number of ether oxygens (including phenoxy) is 5. The second kappa shape index (κ2) is 13.0. The van der Waals surface area contributed by atoms with Crippen molar-refractivity contribution in [2.24, 2.45) is 0 Å². The zero-order chi connectivity index (χ0) is 21.8. The molecular weight excluding hydrogens is 372 g/mol. The summed E-state index contributed by atoms with van der Waals surface area (Å²) in [7, 11) is 4.61. The third kappa shape index (κ3) is 7.91. The van der Waals surface area contributed by atoms with E-state index in [1.807, 2.05) is 0 Å². The lowest BCUT2D eigenvalue weighted by atomic mass is 9.99. The highest BCUT2D eigenvalue weighted by Gasteiger charge is 2.23. The van der Waals surface area contributed by atoms with Crippen LogP contribution in [0, 0.1) is 0 Å². The SMILES string of the molecule is COCOc1cc(OCOC)c(C(C)=O)c(OC)c1C/C=C(\C)CCC=C(C)C. The van der Waals surface area contributed by atoms with E-state index in [2.05, 4.69) is 32.9 Å². The highest BCUT2D eigenvalue weighted by Crippen LogP contribution is 2.40. The molecule has 0 spiro atoms. The van der Waals surface area contributed by atoms with Crippen molar-refractivity contribution in [3.63, 3.8) is 0 Å². The minimum atomic E-state index is -0.156. The Labute approximate surface area is 174 Å². The Morgan fingerprint density at radius 3 is 2.07 bits per heavy atom. The van der Waals surface area contributed by atoms with Gasteiger partial charge in [-0.05, 0) is 47.0 Å². The van der Waals surface area contributed by atoms with E-state index in [-0.39, 0.29) is 19.4 Å². The smallest absolute Gasteiger partial charge is 0.188 e. The monoisotopic (exact) mass is 406 g/mol. The number of carbonyl (C=O) groups is 1. The zero-order valence-electron chi connectivity index (χ0n) is 18.7. The maximum atomic E-state index is 12.3. The Bertz CT molecular complexity index is 729. The first kappa shape index (κ1) is 24.7. The molecule has 6 heteroatoms. The fourth-order valence-electron chi connectivity index (χ4n) is 2.86. The molecule has 0 atom stereocenters. The summed E-state index contributed by atoms with van der Waals surface area (Å²) in [4.78, 5) is 12.3. The summed E-state index contributed by atoms with van der Waals surface area (Å²) >= 11 is 0. The molecule has 29 heavy (non-hydrogen) atoms. The Balaban J connectivity index is 3.34. The number of carbonyl (C=O) groups excluding carboxylic acids is 1. The van der Waals surface area contributed by atoms with E-state index in [4.69, 9.17) is 23.7 Å². The molecule has 0 unspecified atom stereocenters. The maximum absolute atomic E-state index is 12.3. The molecule has 1 aromatic rings. The molecule has 6 nitrogen and oxygen atoms in total. The molecule has 0 bridgehead atoms. The summed E-state index contributed by atoms with van der Waals surface area (Å²) < 4.78 is 27.0. The largest absolute Gasteiger partial charge is 0.495 e. The molecule has 0 aliphatic heterocycles. The van der Waals surface area contributed by atoms with Crippen molar-refractivity contribution in [2.75, 3.05) is 34.9 Å². The van der Waals surface area contributed by atoms with E-state index in [0.29, 0.717) is 29.2 Å². The van der Waals surface area contributed by atoms with Crippen LogP contribution in [-0.4, -0.2) is 40.7 Å². The molecule has 0 amide bonds. The van der Waals surface area contributed by atoms with Crippen molar-refractivity contribution in [1.29, 1.82) is 0 Å².